The standard InChI is InChI=1S/C20H22ClN3O2/c1-14(15-8-3-4-9-16(15)21)23(2)20(26)22-17-10-5-6-11-18(17)24-13-7-12-19(24)25/h3-6,8-11,14H,7,12-13H2,1-2H3,(H,22,26). The molecule has 1 fully saturated rings. The van der Waals surface area contributed by atoms with E-state index in [4.69, 9.17) is 11.6 Å². The molecule has 3 amide bonds. The van der Waals surface area contributed by atoms with Gasteiger partial charge in [0, 0.05) is 25.0 Å². The Morgan fingerprint density at radius 1 is 1.19 bits per heavy atom. The molecule has 136 valence electrons. The number of hydrogen-bond donors (Lipinski definition) is 1. The topological polar surface area (TPSA) is 52.7 Å². The fraction of sp³-hybridized carbons (Fsp3) is 0.300. The number of amides is 3. The second kappa shape index (κ2) is 7.79. The molecule has 0 spiro atoms. The number of rotatable bonds is 4. The Kier molecular flexibility index (Phi) is 5.47. The lowest BCUT2D eigenvalue weighted by Gasteiger charge is -2.27. The molecular weight excluding hydrogens is 350 g/mol. The molecule has 2 aromatic carbocycles. The van der Waals surface area contributed by atoms with Crippen LogP contribution in [0.4, 0.5) is 16.2 Å². The molecule has 5 nitrogen and oxygen atoms in total. The molecule has 0 radical (unpaired) electrons. The minimum atomic E-state index is -0.253. The number of carbonyl (C=O) groups excluding carboxylic acids is 2. The largest absolute Gasteiger partial charge is 0.322 e. The van der Waals surface area contributed by atoms with E-state index in [1.54, 1.807) is 16.8 Å². The van der Waals surface area contributed by atoms with Crippen molar-refractivity contribution in [1.82, 2.24) is 4.90 Å². The number of carbonyl (C=O) groups is 2. The van der Waals surface area contributed by atoms with Crippen molar-refractivity contribution in [3.05, 3.63) is 59.1 Å². The third kappa shape index (κ3) is 3.68. The summed E-state index contributed by atoms with van der Waals surface area (Å²) in [4.78, 5) is 28.2. The summed E-state index contributed by atoms with van der Waals surface area (Å²) < 4.78 is 0. The zero-order valence-electron chi connectivity index (χ0n) is 14.9. The minimum absolute atomic E-state index is 0.0875. The van der Waals surface area contributed by atoms with Gasteiger partial charge in [-0.05, 0) is 37.1 Å². The molecule has 6 heteroatoms. The van der Waals surface area contributed by atoms with Crippen LogP contribution in [-0.4, -0.2) is 30.4 Å². The SMILES string of the molecule is CC(c1ccccc1Cl)N(C)C(=O)Nc1ccccc1N1CCCC1=O. The summed E-state index contributed by atoms with van der Waals surface area (Å²) in [5.74, 6) is 0.0875. The van der Waals surface area contributed by atoms with E-state index in [1.807, 2.05) is 55.5 Å². The van der Waals surface area contributed by atoms with Crippen molar-refractivity contribution in [3.63, 3.8) is 0 Å². The monoisotopic (exact) mass is 371 g/mol. The minimum Gasteiger partial charge on any atom is -0.321 e. The highest BCUT2D eigenvalue weighted by Gasteiger charge is 2.25. The second-order valence-corrected chi connectivity index (χ2v) is 6.81. The van der Waals surface area contributed by atoms with Gasteiger partial charge >= 0.3 is 6.03 Å². The first kappa shape index (κ1) is 18.3. The predicted molar refractivity (Wildman–Crippen MR) is 105 cm³/mol. The number of para-hydroxylation sites is 2. The van der Waals surface area contributed by atoms with Crippen LogP contribution in [0.2, 0.25) is 5.02 Å². The molecule has 0 bridgehead atoms. The summed E-state index contributed by atoms with van der Waals surface area (Å²) in [6, 6.07) is 14.4. The van der Waals surface area contributed by atoms with Gasteiger partial charge in [0.1, 0.15) is 0 Å². The molecule has 1 saturated heterocycles. The Balaban J connectivity index is 1.78. The van der Waals surface area contributed by atoms with Crippen LogP contribution < -0.4 is 10.2 Å². The van der Waals surface area contributed by atoms with E-state index >= 15 is 0 Å². The van der Waals surface area contributed by atoms with E-state index in [0.717, 1.165) is 17.7 Å². The molecule has 2 aromatic rings. The molecule has 0 aromatic heterocycles. The van der Waals surface area contributed by atoms with Crippen LogP contribution in [0.3, 0.4) is 0 Å². The van der Waals surface area contributed by atoms with Gasteiger partial charge in [-0.1, -0.05) is 41.9 Å². The fourth-order valence-corrected chi connectivity index (χ4v) is 3.41. The molecule has 3 rings (SSSR count). The van der Waals surface area contributed by atoms with Crippen molar-refractivity contribution < 1.29 is 9.59 Å². The molecule has 0 aliphatic carbocycles. The molecular formula is C20H22ClN3O2. The Hall–Kier alpha value is -2.53. The molecule has 1 heterocycles. The van der Waals surface area contributed by atoms with Crippen LogP contribution in [0.1, 0.15) is 31.4 Å². The Labute approximate surface area is 158 Å². The number of urea groups is 1. The van der Waals surface area contributed by atoms with Crippen LogP contribution >= 0.6 is 11.6 Å². The van der Waals surface area contributed by atoms with Crippen LogP contribution in [0.15, 0.2) is 48.5 Å². The quantitative estimate of drug-likeness (QED) is 0.847. The van der Waals surface area contributed by atoms with Crippen molar-refractivity contribution in [3.8, 4) is 0 Å². The summed E-state index contributed by atoms with van der Waals surface area (Å²) in [5, 5.41) is 3.56. The molecule has 26 heavy (non-hydrogen) atoms. The van der Waals surface area contributed by atoms with E-state index < -0.39 is 0 Å². The van der Waals surface area contributed by atoms with E-state index in [9.17, 15) is 9.59 Å². The first-order chi connectivity index (χ1) is 12.5. The molecule has 1 atom stereocenters. The van der Waals surface area contributed by atoms with Gasteiger partial charge in [-0.2, -0.15) is 0 Å². The van der Waals surface area contributed by atoms with Crippen LogP contribution in [0.5, 0.6) is 0 Å². The van der Waals surface area contributed by atoms with E-state index in [-0.39, 0.29) is 18.0 Å². The van der Waals surface area contributed by atoms with Gasteiger partial charge in [-0.25, -0.2) is 4.79 Å². The maximum atomic E-state index is 12.8. The lowest BCUT2D eigenvalue weighted by molar-refractivity contribution is -0.117. The number of nitrogens with zero attached hydrogens (tertiary/aromatic N) is 2. The number of halogens is 1. The highest BCUT2D eigenvalue weighted by Crippen LogP contribution is 2.31. The van der Waals surface area contributed by atoms with E-state index in [0.29, 0.717) is 23.7 Å². The summed E-state index contributed by atoms with van der Waals surface area (Å²) in [5.41, 5.74) is 2.25. The summed E-state index contributed by atoms with van der Waals surface area (Å²) in [6.07, 6.45) is 1.39. The average molecular weight is 372 g/mol. The van der Waals surface area contributed by atoms with E-state index in [2.05, 4.69) is 5.32 Å². The third-order valence-electron chi connectivity index (χ3n) is 4.77. The molecule has 1 unspecified atom stereocenters. The molecule has 0 saturated carbocycles. The zero-order chi connectivity index (χ0) is 18.7. The number of nitrogens with one attached hydrogen (secondary N) is 1. The Bertz CT molecular complexity index is 824. The third-order valence-corrected chi connectivity index (χ3v) is 5.11. The molecule has 1 aliphatic heterocycles. The lowest BCUT2D eigenvalue weighted by Crippen LogP contribution is -2.34. The van der Waals surface area contributed by atoms with Crippen LogP contribution in [-0.2, 0) is 4.79 Å². The molecule has 1 N–H and O–H groups in total. The van der Waals surface area contributed by atoms with Gasteiger partial charge in [0.05, 0.1) is 17.4 Å². The van der Waals surface area contributed by atoms with Gasteiger partial charge < -0.3 is 15.1 Å². The maximum Gasteiger partial charge on any atom is 0.322 e. The Morgan fingerprint density at radius 3 is 2.58 bits per heavy atom. The number of anilines is 2. The highest BCUT2D eigenvalue weighted by atomic mass is 35.5. The van der Waals surface area contributed by atoms with Crippen LogP contribution in [0.25, 0.3) is 0 Å². The van der Waals surface area contributed by atoms with Gasteiger partial charge in [0.2, 0.25) is 5.91 Å². The highest BCUT2D eigenvalue weighted by molar-refractivity contribution is 6.31. The van der Waals surface area contributed by atoms with Crippen LogP contribution in [0, 0.1) is 0 Å². The van der Waals surface area contributed by atoms with Crippen molar-refractivity contribution in [2.45, 2.75) is 25.8 Å². The maximum absolute atomic E-state index is 12.8. The van der Waals surface area contributed by atoms with Gasteiger partial charge in [-0.15, -0.1) is 0 Å². The summed E-state index contributed by atoms with van der Waals surface area (Å²) in [7, 11) is 1.73. The normalized spacial score (nSPS) is 15.0. The van der Waals surface area contributed by atoms with Crippen molar-refractivity contribution >= 4 is 34.9 Å². The fourth-order valence-electron chi connectivity index (χ4n) is 3.12. The van der Waals surface area contributed by atoms with Crippen molar-refractivity contribution in [2.24, 2.45) is 0 Å². The smallest absolute Gasteiger partial charge is 0.321 e. The first-order valence-corrected chi connectivity index (χ1v) is 9.04. The number of hydrogen-bond acceptors (Lipinski definition) is 2. The molecule has 1 aliphatic rings. The van der Waals surface area contributed by atoms with E-state index in [1.165, 1.54) is 0 Å². The second-order valence-electron chi connectivity index (χ2n) is 6.40. The predicted octanol–water partition coefficient (Wildman–Crippen LogP) is 4.69. The van der Waals surface area contributed by atoms with Crippen molar-refractivity contribution in [2.75, 3.05) is 23.8 Å². The number of benzene rings is 2. The Morgan fingerprint density at radius 2 is 1.88 bits per heavy atom. The van der Waals surface area contributed by atoms with Crippen molar-refractivity contribution in [1.29, 1.82) is 0 Å². The average Bonchev–Trinajstić information content (AvgIpc) is 3.07. The summed E-state index contributed by atoms with van der Waals surface area (Å²) in [6.45, 7) is 2.61. The van der Waals surface area contributed by atoms with Gasteiger partial charge in [0.25, 0.3) is 0 Å². The van der Waals surface area contributed by atoms with Gasteiger partial charge in [-0.3, -0.25) is 4.79 Å². The zero-order valence-corrected chi connectivity index (χ0v) is 15.7. The first-order valence-electron chi connectivity index (χ1n) is 8.66. The van der Waals surface area contributed by atoms with Gasteiger partial charge in [0.15, 0.2) is 0 Å². The lowest BCUT2D eigenvalue weighted by atomic mass is 10.1. The summed E-state index contributed by atoms with van der Waals surface area (Å²) >= 11 is 6.25.